The van der Waals surface area contributed by atoms with Crippen molar-refractivity contribution in [2.24, 2.45) is 0 Å². The van der Waals surface area contributed by atoms with E-state index in [9.17, 15) is 5.21 Å². The fourth-order valence-electron chi connectivity index (χ4n) is 1.09. The van der Waals surface area contributed by atoms with Gasteiger partial charge in [0.05, 0.1) is 0 Å². The van der Waals surface area contributed by atoms with Crippen molar-refractivity contribution in [2.45, 2.75) is 0 Å². The summed E-state index contributed by atoms with van der Waals surface area (Å²) in [6.45, 7) is 0. The molecular weight excluding hydrogens is 182 g/mol. The molecule has 0 spiro atoms. The lowest BCUT2D eigenvalue weighted by Gasteiger charge is -1.90. The van der Waals surface area contributed by atoms with E-state index in [1.54, 1.807) is 0 Å². The molecule has 1 heterocycles. The van der Waals surface area contributed by atoms with E-state index in [-0.39, 0.29) is 5.69 Å². The molecule has 1 aromatic carbocycles. The quantitative estimate of drug-likeness (QED) is 0.639. The first kappa shape index (κ1) is 8.26. The minimum atomic E-state index is 0.214. The molecule has 0 aliphatic rings. The highest BCUT2D eigenvalue weighted by atomic mass is 16.6. The molecule has 0 unspecified atom stereocenters. The third-order valence-electron chi connectivity index (χ3n) is 1.69. The Labute approximate surface area is 79.3 Å². The van der Waals surface area contributed by atoms with Crippen LogP contribution in [0.2, 0.25) is 0 Å². The Balaban J connectivity index is 2.50. The zero-order chi connectivity index (χ0) is 9.80. The van der Waals surface area contributed by atoms with Crippen molar-refractivity contribution >= 4 is 0 Å². The van der Waals surface area contributed by atoms with Crippen LogP contribution in [0.5, 0.6) is 0 Å². The first-order chi connectivity index (χ1) is 6.92. The Morgan fingerprint density at radius 2 is 2.00 bits per heavy atom. The number of benzene rings is 1. The van der Waals surface area contributed by atoms with Crippen molar-refractivity contribution in [1.29, 1.82) is 0 Å². The monoisotopic (exact) mass is 187 g/mol. The molecule has 5 heteroatoms. The Kier molecular flexibility index (Phi) is 2.11. The van der Waals surface area contributed by atoms with E-state index in [0.717, 1.165) is 5.56 Å². The zero-order valence-electron chi connectivity index (χ0n) is 7.04. The van der Waals surface area contributed by atoms with Crippen LogP contribution in [0, 0.1) is 11.3 Å². The Bertz CT molecular complexity index is 482. The molecular formula is C9H5N3O2. The number of nitrogens with zero attached hydrogens (tertiary/aromatic N) is 3. The van der Waals surface area contributed by atoms with Crippen molar-refractivity contribution in [1.82, 2.24) is 10.3 Å². The van der Waals surface area contributed by atoms with E-state index in [1.807, 2.05) is 30.3 Å². The first-order valence-electron chi connectivity index (χ1n) is 3.88. The van der Waals surface area contributed by atoms with Gasteiger partial charge in [0.2, 0.25) is 0 Å². The van der Waals surface area contributed by atoms with Crippen LogP contribution in [-0.2, 0) is 0 Å². The first-order valence-corrected chi connectivity index (χ1v) is 3.88. The minimum absolute atomic E-state index is 0.214. The molecule has 2 rings (SSSR count). The van der Waals surface area contributed by atoms with Gasteiger partial charge >= 0.3 is 6.07 Å². The predicted octanol–water partition coefficient (Wildman–Crippen LogP) is 1.92. The number of rotatable bonds is 1. The summed E-state index contributed by atoms with van der Waals surface area (Å²) in [5, 5.41) is 19.6. The second-order valence-electron chi connectivity index (χ2n) is 2.53. The maximum atomic E-state index is 9.99. The Morgan fingerprint density at radius 3 is 2.71 bits per heavy atom. The maximum absolute atomic E-state index is 9.99. The lowest BCUT2D eigenvalue weighted by atomic mass is 10.1. The van der Waals surface area contributed by atoms with Gasteiger partial charge in [-0.05, 0) is 10.3 Å². The van der Waals surface area contributed by atoms with Crippen LogP contribution in [0.15, 0.2) is 35.0 Å². The van der Waals surface area contributed by atoms with Gasteiger partial charge < -0.3 is 5.21 Å². The highest BCUT2D eigenvalue weighted by Gasteiger charge is 2.13. The van der Waals surface area contributed by atoms with Gasteiger partial charge in [-0.3, -0.25) is 0 Å². The van der Waals surface area contributed by atoms with Gasteiger partial charge in [0, 0.05) is 10.6 Å². The molecule has 2 aromatic rings. The summed E-state index contributed by atoms with van der Waals surface area (Å²) in [7, 11) is 0. The normalized spacial score (nSPS) is 9.14. The molecule has 0 saturated heterocycles. The average molecular weight is 187 g/mol. The molecule has 5 nitrogen and oxygen atoms in total. The maximum Gasteiger partial charge on any atom is 0.363 e. The molecule has 0 aliphatic carbocycles. The SMILES string of the molecule is [O-][N+]#Cc1nonc1-c1ccccc1. The molecule has 0 N–H and O–H groups in total. The second-order valence-corrected chi connectivity index (χ2v) is 2.53. The van der Waals surface area contributed by atoms with Gasteiger partial charge in [-0.25, -0.2) is 4.63 Å². The van der Waals surface area contributed by atoms with Gasteiger partial charge in [0.25, 0.3) is 5.69 Å². The van der Waals surface area contributed by atoms with E-state index in [1.165, 1.54) is 0 Å². The second kappa shape index (κ2) is 3.58. The molecule has 0 amide bonds. The van der Waals surface area contributed by atoms with Crippen LogP contribution in [0.1, 0.15) is 5.69 Å². The largest absolute Gasteiger partial charge is 0.498 e. The highest BCUT2D eigenvalue weighted by molar-refractivity contribution is 5.63. The van der Waals surface area contributed by atoms with Crippen molar-refractivity contribution in [3.8, 4) is 17.3 Å². The summed E-state index contributed by atoms with van der Waals surface area (Å²) in [6.07, 6.45) is 0. The number of hydrogen-bond donors (Lipinski definition) is 0. The van der Waals surface area contributed by atoms with Crippen LogP contribution >= 0.6 is 0 Å². The Morgan fingerprint density at radius 1 is 1.21 bits per heavy atom. The van der Waals surface area contributed by atoms with E-state index < -0.39 is 0 Å². The minimum Gasteiger partial charge on any atom is -0.498 e. The van der Waals surface area contributed by atoms with Crippen LogP contribution in [0.25, 0.3) is 16.3 Å². The van der Waals surface area contributed by atoms with E-state index in [4.69, 9.17) is 0 Å². The summed E-state index contributed by atoms with van der Waals surface area (Å²) < 4.78 is 4.49. The van der Waals surface area contributed by atoms with E-state index >= 15 is 0 Å². The standard InChI is InChI=1S/C9H5N3O2/c13-10-6-8-9(12-14-11-8)7-4-2-1-3-5-7/h1-5H. The summed E-state index contributed by atoms with van der Waals surface area (Å²) in [4.78, 5) is 0. The molecule has 1 aromatic heterocycles. The summed E-state index contributed by atoms with van der Waals surface area (Å²) in [5.74, 6) is 0. The lowest BCUT2D eigenvalue weighted by Crippen LogP contribution is -1.81. The summed E-state index contributed by atoms with van der Waals surface area (Å²) >= 11 is 0. The molecule has 0 atom stereocenters. The van der Waals surface area contributed by atoms with E-state index in [2.05, 4.69) is 26.0 Å². The number of hydrogen-bond acceptors (Lipinski definition) is 4. The molecule has 68 valence electrons. The van der Waals surface area contributed by atoms with Crippen LogP contribution in [0.4, 0.5) is 0 Å². The van der Waals surface area contributed by atoms with Gasteiger partial charge in [-0.1, -0.05) is 30.3 Å². The Hall–Kier alpha value is -2.35. The summed E-state index contributed by atoms with van der Waals surface area (Å²) in [5.41, 5.74) is 1.48. The topological polar surface area (TPSA) is 66.3 Å². The van der Waals surface area contributed by atoms with Crippen LogP contribution in [-0.4, -0.2) is 10.3 Å². The molecule has 0 fully saturated rings. The lowest BCUT2D eigenvalue weighted by molar-refractivity contribution is 0.307. The average Bonchev–Trinajstić information content (AvgIpc) is 2.68. The fourth-order valence-corrected chi connectivity index (χ4v) is 1.09. The fraction of sp³-hybridized carbons (Fsp3) is 0. The van der Waals surface area contributed by atoms with Gasteiger partial charge in [0.1, 0.15) is 0 Å². The van der Waals surface area contributed by atoms with Crippen molar-refractivity contribution in [2.75, 3.05) is 0 Å². The summed E-state index contributed by atoms with van der Waals surface area (Å²) in [6, 6.07) is 11.4. The van der Waals surface area contributed by atoms with Crippen LogP contribution < -0.4 is 0 Å². The molecule has 0 aliphatic heterocycles. The third kappa shape index (κ3) is 1.41. The molecule has 0 radical (unpaired) electrons. The van der Waals surface area contributed by atoms with Crippen LogP contribution in [0.3, 0.4) is 0 Å². The van der Waals surface area contributed by atoms with Gasteiger partial charge in [0.15, 0.2) is 5.69 Å². The third-order valence-corrected chi connectivity index (χ3v) is 1.69. The zero-order valence-corrected chi connectivity index (χ0v) is 7.04. The van der Waals surface area contributed by atoms with Gasteiger partial charge in [-0.2, -0.15) is 0 Å². The molecule has 14 heavy (non-hydrogen) atoms. The van der Waals surface area contributed by atoms with Crippen molar-refractivity contribution in [3.63, 3.8) is 0 Å². The molecule has 0 bridgehead atoms. The van der Waals surface area contributed by atoms with Crippen molar-refractivity contribution in [3.05, 3.63) is 46.2 Å². The molecule has 0 saturated carbocycles. The van der Waals surface area contributed by atoms with Gasteiger partial charge in [-0.15, -0.1) is 0 Å². The smallest absolute Gasteiger partial charge is 0.363 e. The van der Waals surface area contributed by atoms with Crippen molar-refractivity contribution < 1.29 is 4.63 Å². The number of aromatic nitrogens is 2. The van der Waals surface area contributed by atoms with E-state index in [0.29, 0.717) is 5.69 Å². The highest BCUT2D eigenvalue weighted by Crippen LogP contribution is 2.18. The predicted molar refractivity (Wildman–Crippen MR) is 49.5 cm³/mol.